The Morgan fingerprint density at radius 3 is 2.77 bits per heavy atom. The number of carbonyl (C=O) groups excluding carboxylic acids is 2. The maximum absolute atomic E-state index is 13.3. The van der Waals surface area contributed by atoms with E-state index in [1.165, 1.54) is 24.3 Å². The third kappa shape index (κ3) is 4.08. The van der Waals surface area contributed by atoms with Crippen LogP contribution in [-0.2, 0) is 9.53 Å². The van der Waals surface area contributed by atoms with E-state index in [2.05, 4.69) is 0 Å². The monoisotopic (exact) mass is 356 g/mol. The van der Waals surface area contributed by atoms with E-state index in [-0.39, 0.29) is 24.3 Å². The van der Waals surface area contributed by atoms with Crippen LogP contribution in [0.3, 0.4) is 0 Å². The number of fused-ring (bicyclic) bond motifs is 1. The molecule has 3 rings (SSSR count). The van der Waals surface area contributed by atoms with Crippen molar-refractivity contribution >= 4 is 17.8 Å². The Kier molecular flexibility index (Phi) is 5.02. The van der Waals surface area contributed by atoms with Gasteiger partial charge in [0.2, 0.25) is 5.78 Å². The van der Waals surface area contributed by atoms with Gasteiger partial charge in [0.15, 0.2) is 12.4 Å². The summed E-state index contributed by atoms with van der Waals surface area (Å²) in [6.07, 6.45) is 1.26. The number of hydrogen-bond donors (Lipinski definition) is 0. The van der Waals surface area contributed by atoms with Crippen LogP contribution in [0.2, 0.25) is 0 Å². The van der Waals surface area contributed by atoms with E-state index in [4.69, 9.17) is 14.2 Å². The summed E-state index contributed by atoms with van der Waals surface area (Å²) in [5.41, 5.74) is 0.902. The van der Waals surface area contributed by atoms with Gasteiger partial charge in [0.05, 0.1) is 11.7 Å². The molecule has 0 radical (unpaired) electrons. The van der Waals surface area contributed by atoms with Crippen LogP contribution < -0.4 is 9.47 Å². The molecule has 6 heteroatoms. The molecule has 0 saturated heterocycles. The Hall–Kier alpha value is -3.15. The largest absolute Gasteiger partial charge is 0.482 e. The molecule has 26 heavy (non-hydrogen) atoms. The Morgan fingerprint density at radius 2 is 2.04 bits per heavy atom. The summed E-state index contributed by atoms with van der Waals surface area (Å²) in [6, 6.07) is 10.5. The van der Waals surface area contributed by atoms with Gasteiger partial charge in [-0.3, -0.25) is 4.79 Å². The quantitative estimate of drug-likeness (QED) is 0.603. The highest BCUT2D eigenvalue weighted by molar-refractivity contribution is 6.14. The number of halogens is 1. The fraction of sp³-hybridized carbons (Fsp3) is 0.200. The van der Waals surface area contributed by atoms with Crippen molar-refractivity contribution in [1.82, 2.24) is 0 Å². The fourth-order valence-corrected chi connectivity index (χ4v) is 2.44. The van der Waals surface area contributed by atoms with Crippen LogP contribution in [0.25, 0.3) is 6.08 Å². The molecule has 0 spiro atoms. The second kappa shape index (κ2) is 7.39. The molecule has 1 aliphatic rings. The van der Waals surface area contributed by atoms with E-state index in [1.54, 1.807) is 38.1 Å². The highest BCUT2D eigenvalue weighted by atomic mass is 19.1. The molecule has 134 valence electrons. The minimum absolute atomic E-state index is 0.0990. The topological polar surface area (TPSA) is 61.8 Å². The van der Waals surface area contributed by atoms with Gasteiger partial charge in [-0.15, -0.1) is 0 Å². The van der Waals surface area contributed by atoms with Crippen molar-refractivity contribution in [3.05, 3.63) is 65.2 Å². The summed E-state index contributed by atoms with van der Waals surface area (Å²) in [4.78, 5) is 23.9. The van der Waals surface area contributed by atoms with E-state index in [0.29, 0.717) is 22.6 Å². The van der Waals surface area contributed by atoms with E-state index >= 15 is 0 Å². The molecule has 1 heterocycles. The molecular weight excluding hydrogens is 339 g/mol. The SMILES string of the molecule is CC(C)OC(=O)COc1ccc2c(c1)OC(=Cc1cccc(F)c1)C2=O. The molecule has 1 aliphatic heterocycles. The van der Waals surface area contributed by atoms with E-state index in [1.807, 2.05) is 0 Å². The number of allylic oxidation sites excluding steroid dienone is 1. The molecule has 0 atom stereocenters. The number of benzene rings is 2. The first-order chi connectivity index (χ1) is 12.4. The van der Waals surface area contributed by atoms with Crippen molar-refractivity contribution in [2.75, 3.05) is 6.61 Å². The standard InChI is InChI=1S/C20H17FO5/c1-12(2)25-19(22)11-24-15-6-7-16-17(10-15)26-18(20(16)23)9-13-4-3-5-14(21)8-13/h3-10,12H,11H2,1-2H3. The molecule has 0 amide bonds. The second-order valence-corrected chi connectivity index (χ2v) is 5.98. The highest BCUT2D eigenvalue weighted by Gasteiger charge is 2.27. The molecular formula is C20H17FO5. The van der Waals surface area contributed by atoms with Crippen molar-refractivity contribution in [2.24, 2.45) is 0 Å². The molecule has 0 unspecified atom stereocenters. The fourth-order valence-electron chi connectivity index (χ4n) is 2.44. The van der Waals surface area contributed by atoms with E-state index < -0.39 is 11.8 Å². The number of carbonyl (C=O) groups is 2. The van der Waals surface area contributed by atoms with Crippen molar-refractivity contribution in [1.29, 1.82) is 0 Å². The van der Waals surface area contributed by atoms with Gasteiger partial charge >= 0.3 is 5.97 Å². The first kappa shape index (κ1) is 17.7. The first-order valence-electron chi connectivity index (χ1n) is 8.08. The normalized spacial score (nSPS) is 14.3. The van der Waals surface area contributed by atoms with Crippen LogP contribution >= 0.6 is 0 Å². The molecule has 2 aromatic rings. The third-order valence-electron chi connectivity index (χ3n) is 3.51. The summed E-state index contributed by atoms with van der Waals surface area (Å²) >= 11 is 0. The van der Waals surface area contributed by atoms with Crippen LogP contribution in [0.15, 0.2) is 48.2 Å². The molecule has 0 saturated carbocycles. The van der Waals surface area contributed by atoms with Gasteiger partial charge < -0.3 is 14.2 Å². The number of esters is 1. The first-order valence-corrected chi connectivity index (χ1v) is 8.08. The summed E-state index contributed by atoms with van der Waals surface area (Å²) in [6.45, 7) is 3.26. The second-order valence-electron chi connectivity index (χ2n) is 5.98. The van der Waals surface area contributed by atoms with Gasteiger partial charge in [-0.05, 0) is 49.8 Å². The zero-order valence-corrected chi connectivity index (χ0v) is 14.3. The van der Waals surface area contributed by atoms with Gasteiger partial charge in [-0.25, -0.2) is 9.18 Å². The lowest BCUT2D eigenvalue weighted by Crippen LogP contribution is -2.18. The average Bonchev–Trinajstić information content (AvgIpc) is 2.88. The molecule has 2 aromatic carbocycles. The predicted octanol–water partition coefficient (Wildman–Crippen LogP) is 3.77. The maximum atomic E-state index is 13.3. The molecule has 0 N–H and O–H groups in total. The minimum atomic E-state index is -0.482. The lowest BCUT2D eigenvalue weighted by molar-refractivity contribution is -0.149. The van der Waals surface area contributed by atoms with Crippen LogP contribution in [0, 0.1) is 5.82 Å². The van der Waals surface area contributed by atoms with E-state index in [9.17, 15) is 14.0 Å². The zero-order valence-electron chi connectivity index (χ0n) is 14.3. The van der Waals surface area contributed by atoms with Crippen molar-refractivity contribution in [3.8, 4) is 11.5 Å². The molecule has 5 nitrogen and oxygen atoms in total. The lowest BCUT2D eigenvalue weighted by Gasteiger charge is -2.09. The molecule has 0 aliphatic carbocycles. The third-order valence-corrected chi connectivity index (χ3v) is 3.51. The van der Waals surface area contributed by atoms with Crippen LogP contribution in [-0.4, -0.2) is 24.5 Å². The maximum Gasteiger partial charge on any atom is 0.344 e. The lowest BCUT2D eigenvalue weighted by atomic mass is 10.1. The van der Waals surface area contributed by atoms with Crippen LogP contribution in [0.1, 0.15) is 29.8 Å². The number of Topliss-reactive ketones (excluding diaryl/α,β-unsaturated/α-hetero) is 1. The van der Waals surface area contributed by atoms with Gasteiger partial charge in [-0.2, -0.15) is 0 Å². The van der Waals surface area contributed by atoms with Gasteiger partial charge in [0.1, 0.15) is 17.3 Å². The van der Waals surface area contributed by atoms with Crippen molar-refractivity contribution in [2.45, 2.75) is 20.0 Å². The Balaban J connectivity index is 1.73. The van der Waals surface area contributed by atoms with Crippen molar-refractivity contribution < 1.29 is 28.2 Å². The molecule has 0 aromatic heterocycles. The summed E-state index contributed by atoms with van der Waals surface area (Å²) < 4.78 is 29.2. The van der Waals surface area contributed by atoms with Gasteiger partial charge in [-0.1, -0.05) is 12.1 Å². The van der Waals surface area contributed by atoms with Gasteiger partial charge in [0.25, 0.3) is 0 Å². The highest BCUT2D eigenvalue weighted by Crippen LogP contribution is 2.34. The summed E-state index contributed by atoms with van der Waals surface area (Å²) in [5, 5.41) is 0. The smallest absolute Gasteiger partial charge is 0.344 e. The number of rotatable bonds is 5. The minimum Gasteiger partial charge on any atom is -0.482 e. The summed E-state index contributed by atoms with van der Waals surface area (Å²) in [7, 11) is 0. The Bertz CT molecular complexity index is 886. The average molecular weight is 356 g/mol. The Morgan fingerprint density at radius 1 is 1.23 bits per heavy atom. The number of ketones is 1. The van der Waals surface area contributed by atoms with E-state index in [0.717, 1.165) is 0 Å². The molecule has 0 fully saturated rings. The predicted molar refractivity (Wildman–Crippen MR) is 92.5 cm³/mol. The van der Waals surface area contributed by atoms with Crippen LogP contribution in [0.5, 0.6) is 11.5 Å². The Labute approximate surface area is 150 Å². The number of hydrogen-bond acceptors (Lipinski definition) is 5. The number of ether oxygens (including phenoxy) is 3. The van der Waals surface area contributed by atoms with Crippen LogP contribution in [0.4, 0.5) is 4.39 Å². The van der Waals surface area contributed by atoms with Crippen molar-refractivity contribution in [3.63, 3.8) is 0 Å². The van der Waals surface area contributed by atoms with Gasteiger partial charge in [0, 0.05) is 6.07 Å². The zero-order chi connectivity index (χ0) is 18.7. The molecule has 0 bridgehead atoms. The summed E-state index contributed by atoms with van der Waals surface area (Å²) in [5.74, 6) is -0.371.